The second-order valence-electron chi connectivity index (χ2n) is 5.12. The number of benzene rings is 2. The maximum Gasteiger partial charge on any atom is 0.341 e. The van der Waals surface area contributed by atoms with Crippen molar-refractivity contribution in [1.82, 2.24) is 10.7 Å². The number of ether oxygens (including phenoxy) is 1. The van der Waals surface area contributed by atoms with E-state index in [0.717, 1.165) is 5.56 Å². The van der Waals surface area contributed by atoms with Crippen LogP contribution in [0.25, 0.3) is 0 Å². The van der Waals surface area contributed by atoms with Crippen LogP contribution in [0.5, 0.6) is 5.75 Å². The van der Waals surface area contributed by atoms with E-state index in [-0.39, 0.29) is 6.54 Å². The number of carboxylic acids is 1. The zero-order chi connectivity index (χ0) is 18.8. The highest BCUT2D eigenvalue weighted by Crippen LogP contribution is 2.10. The molecule has 0 aliphatic rings. The lowest BCUT2D eigenvalue weighted by Crippen LogP contribution is -2.37. The highest BCUT2D eigenvalue weighted by atomic mass is 16.5. The molecule has 0 aliphatic carbocycles. The van der Waals surface area contributed by atoms with E-state index in [1.54, 1.807) is 24.3 Å². The molecule has 2 amide bonds. The Bertz CT molecular complexity index is 788. The minimum Gasteiger partial charge on any atom is -0.482 e. The standard InChI is InChI=1S/C18H17N3O5/c22-16(23)12-26-15-8-6-14(7-9-15)11-20-21-18(25)17(24)19-10-13-4-2-1-3-5-13/h1-9,11H,10,12H2,(H,19,24)(H,21,25)(H,22,23)/b20-11-. The van der Waals surface area contributed by atoms with Crippen molar-refractivity contribution in [3.8, 4) is 5.75 Å². The van der Waals surface area contributed by atoms with Gasteiger partial charge < -0.3 is 15.2 Å². The number of carbonyl (C=O) groups excluding carboxylic acids is 2. The molecule has 2 aromatic carbocycles. The van der Waals surface area contributed by atoms with Crippen LogP contribution < -0.4 is 15.5 Å². The molecule has 2 rings (SSSR count). The number of hydrogen-bond acceptors (Lipinski definition) is 5. The van der Waals surface area contributed by atoms with Gasteiger partial charge in [-0.15, -0.1) is 0 Å². The Morgan fingerprint density at radius 3 is 2.35 bits per heavy atom. The molecule has 8 nitrogen and oxygen atoms in total. The zero-order valence-electron chi connectivity index (χ0n) is 13.7. The molecule has 2 aromatic rings. The fraction of sp³-hybridized carbons (Fsp3) is 0.111. The van der Waals surface area contributed by atoms with E-state index in [1.807, 2.05) is 30.3 Å². The smallest absolute Gasteiger partial charge is 0.341 e. The number of carboxylic acid groups (broad SMARTS) is 1. The van der Waals surface area contributed by atoms with Crippen LogP contribution in [0, 0.1) is 0 Å². The molecule has 0 fully saturated rings. The van der Waals surface area contributed by atoms with E-state index >= 15 is 0 Å². The first-order chi connectivity index (χ1) is 12.5. The molecule has 0 spiro atoms. The van der Waals surface area contributed by atoms with E-state index < -0.39 is 24.4 Å². The Hall–Kier alpha value is -3.68. The van der Waals surface area contributed by atoms with Crippen LogP contribution >= 0.6 is 0 Å². The van der Waals surface area contributed by atoms with Gasteiger partial charge in [-0.3, -0.25) is 9.59 Å². The van der Waals surface area contributed by atoms with E-state index in [4.69, 9.17) is 9.84 Å². The lowest BCUT2D eigenvalue weighted by molar-refractivity contribution is -0.139. The van der Waals surface area contributed by atoms with Crippen molar-refractivity contribution >= 4 is 24.0 Å². The molecule has 134 valence electrons. The third kappa shape index (κ3) is 6.44. The van der Waals surface area contributed by atoms with Gasteiger partial charge in [-0.1, -0.05) is 30.3 Å². The Kier molecular flexibility index (Phi) is 6.87. The molecule has 0 radical (unpaired) electrons. The first-order valence-corrected chi connectivity index (χ1v) is 7.64. The van der Waals surface area contributed by atoms with Gasteiger partial charge in [-0.2, -0.15) is 5.10 Å². The predicted molar refractivity (Wildman–Crippen MR) is 93.6 cm³/mol. The molecule has 26 heavy (non-hydrogen) atoms. The molecule has 0 saturated heterocycles. The monoisotopic (exact) mass is 355 g/mol. The summed E-state index contributed by atoms with van der Waals surface area (Å²) in [5.74, 6) is -2.33. The number of nitrogens with zero attached hydrogens (tertiary/aromatic N) is 1. The molecule has 0 saturated carbocycles. The van der Waals surface area contributed by atoms with Crippen molar-refractivity contribution in [3.05, 3.63) is 65.7 Å². The third-order valence-electron chi connectivity index (χ3n) is 3.12. The molecule has 0 bridgehead atoms. The predicted octanol–water partition coefficient (Wildman–Crippen LogP) is 0.917. The quantitative estimate of drug-likeness (QED) is 0.388. The second kappa shape index (κ2) is 9.58. The van der Waals surface area contributed by atoms with Crippen LogP contribution in [0.1, 0.15) is 11.1 Å². The number of nitrogens with one attached hydrogen (secondary N) is 2. The zero-order valence-corrected chi connectivity index (χ0v) is 13.7. The summed E-state index contributed by atoms with van der Waals surface area (Å²) < 4.78 is 4.99. The maximum atomic E-state index is 11.7. The molecule has 3 N–H and O–H groups in total. The van der Waals surface area contributed by atoms with Crippen molar-refractivity contribution in [1.29, 1.82) is 0 Å². The van der Waals surface area contributed by atoms with Crippen LogP contribution in [-0.4, -0.2) is 35.7 Å². The van der Waals surface area contributed by atoms with E-state index in [2.05, 4.69) is 15.8 Å². The topological polar surface area (TPSA) is 117 Å². The highest BCUT2D eigenvalue weighted by molar-refractivity contribution is 6.35. The van der Waals surface area contributed by atoms with Crippen LogP contribution in [-0.2, 0) is 20.9 Å². The van der Waals surface area contributed by atoms with Gasteiger partial charge in [0.1, 0.15) is 5.75 Å². The van der Waals surface area contributed by atoms with Gasteiger partial charge in [-0.25, -0.2) is 10.2 Å². The SMILES string of the molecule is O=C(O)COc1ccc(/C=N\NC(=O)C(=O)NCc2ccccc2)cc1. The Morgan fingerprint density at radius 1 is 1.00 bits per heavy atom. The van der Waals surface area contributed by atoms with Crippen molar-refractivity contribution < 1.29 is 24.2 Å². The molecule has 0 atom stereocenters. The van der Waals surface area contributed by atoms with Crippen LogP contribution in [0.2, 0.25) is 0 Å². The number of aliphatic carboxylic acids is 1. The summed E-state index contributed by atoms with van der Waals surface area (Å²) >= 11 is 0. The highest BCUT2D eigenvalue weighted by Gasteiger charge is 2.11. The molecular weight excluding hydrogens is 338 g/mol. The Morgan fingerprint density at radius 2 is 1.69 bits per heavy atom. The molecular formula is C18H17N3O5. The van der Waals surface area contributed by atoms with Crippen LogP contribution in [0.3, 0.4) is 0 Å². The Labute approximate surface area is 149 Å². The summed E-state index contributed by atoms with van der Waals surface area (Å²) in [6.07, 6.45) is 1.35. The van der Waals surface area contributed by atoms with Gasteiger partial charge in [0.2, 0.25) is 0 Å². The van der Waals surface area contributed by atoms with E-state index in [9.17, 15) is 14.4 Å². The van der Waals surface area contributed by atoms with Gasteiger partial charge in [-0.05, 0) is 35.4 Å². The van der Waals surface area contributed by atoms with Crippen LogP contribution in [0.15, 0.2) is 59.7 Å². The van der Waals surface area contributed by atoms with Gasteiger partial charge >= 0.3 is 17.8 Å². The molecule has 8 heteroatoms. The van der Waals surface area contributed by atoms with E-state index in [1.165, 1.54) is 6.21 Å². The number of rotatable bonds is 7. The number of hydrogen-bond donors (Lipinski definition) is 3. The summed E-state index contributed by atoms with van der Waals surface area (Å²) in [6, 6.07) is 15.6. The summed E-state index contributed by atoms with van der Waals surface area (Å²) in [6.45, 7) is -0.184. The largest absolute Gasteiger partial charge is 0.482 e. The minimum atomic E-state index is -1.07. The maximum absolute atomic E-state index is 11.7. The molecule has 0 unspecified atom stereocenters. The van der Waals surface area contributed by atoms with Crippen molar-refractivity contribution in [3.63, 3.8) is 0 Å². The lowest BCUT2D eigenvalue weighted by atomic mass is 10.2. The summed E-state index contributed by atoms with van der Waals surface area (Å²) in [5, 5.41) is 14.7. The average molecular weight is 355 g/mol. The summed E-state index contributed by atoms with van der Waals surface area (Å²) in [4.78, 5) is 33.7. The lowest BCUT2D eigenvalue weighted by Gasteiger charge is -2.04. The molecule has 0 aromatic heterocycles. The number of carbonyl (C=O) groups is 3. The van der Waals surface area contributed by atoms with Crippen molar-refractivity contribution in [2.45, 2.75) is 6.54 Å². The summed E-state index contributed by atoms with van der Waals surface area (Å²) in [5.41, 5.74) is 3.65. The Balaban J connectivity index is 1.77. The van der Waals surface area contributed by atoms with Gasteiger partial charge in [0.05, 0.1) is 6.21 Å². The van der Waals surface area contributed by atoms with E-state index in [0.29, 0.717) is 11.3 Å². The average Bonchev–Trinajstić information content (AvgIpc) is 2.66. The second-order valence-corrected chi connectivity index (χ2v) is 5.12. The number of amides is 2. The fourth-order valence-electron chi connectivity index (χ4n) is 1.87. The number of hydrazone groups is 1. The first kappa shape index (κ1) is 18.7. The normalized spacial score (nSPS) is 10.3. The van der Waals surface area contributed by atoms with Gasteiger partial charge in [0, 0.05) is 6.54 Å². The molecule has 0 aliphatic heterocycles. The molecule has 0 heterocycles. The third-order valence-corrected chi connectivity index (χ3v) is 3.12. The van der Waals surface area contributed by atoms with Crippen molar-refractivity contribution in [2.24, 2.45) is 5.10 Å². The van der Waals surface area contributed by atoms with Crippen molar-refractivity contribution in [2.75, 3.05) is 6.61 Å². The fourth-order valence-corrected chi connectivity index (χ4v) is 1.87. The first-order valence-electron chi connectivity index (χ1n) is 7.64. The van der Waals surface area contributed by atoms with Crippen LogP contribution in [0.4, 0.5) is 0 Å². The minimum absolute atomic E-state index is 0.245. The summed E-state index contributed by atoms with van der Waals surface area (Å²) in [7, 11) is 0. The van der Waals surface area contributed by atoms with Gasteiger partial charge in [0.15, 0.2) is 6.61 Å². The van der Waals surface area contributed by atoms with Gasteiger partial charge in [0.25, 0.3) is 0 Å².